The molecule has 0 radical (unpaired) electrons. The van der Waals surface area contributed by atoms with Gasteiger partial charge in [0.25, 0.3) is 0 Å². The molecule has 0 bridgehead atoms. The highest BCUT2D eigenvalue weighted by molar-refractivity contribution is 6.35. The number of hydrogen-bond acceptors (Lipinski definition) is 3. The quantitative estimate of drug-likeness (QED) is 0.475. The first-order valence-corrected chi connectivity index (χ1v) is 5.43. The number of halogens is 2. The second kappa shape index (κ2) is 5.87. The molecule has 0 heterocycles. The molecule has 0 atom stereocenters. The van der Waals surface area contributed by atoms with E-state index < -0.39 is 5.97 Å². The van der Waals surface area contributed by atoms with Gasteiger partial charge in [-0.25, -0.2) is 0 Å². The van der Waals surface area contributed by atoms with Crippen LogP contribution >= 0.6 is 23.2 Å². The van der Waals surface area contributed by atoms with E-state index in [0.717, 1.165) is 0 Å². The maximum atomic E-state index is 11.6. The Morgan fingerprint density at radius 1 is 1.19 bits per heavy atom. The lowest BCUT2D eigenvalue weighted by Crippen LogP contribution is -2.11. The van der Waals surface area contributed by atoms with Crippen LogP contribution in [0.2, 0.25) is 10.0 Å². The Bertz CT molecular complexity index is 395. The molecular weight excluding hydrogens is 251 g/mol. The van der Waals surface area contributed by atoms with E-state index in [2.05, 4.69) is 4.74 Å². The van der Waals surface area contributed by atoms with Crippen molar-refractivity contribution in [3.8, 4) is 0 Å². The number of ether oxygens (including phenoxy) is 1. The molecule has 0 N–H and O–H groups in total. The minimum atomic E-state index is -0.552. The Balaban J connectivity index is 2.76. The predicted molar refractivity (Wildman–Crippen MR) is 62.0 cm³/mol. The minimum absolute atomic E-state index is 0.252. The largest absolute Gasteiger partial charge is 0.466 e. The van der Waals surface area contributed by atoms with E-state index in [1.165, 1.54) is 18.2 Å². The van der Waals surface area contributed by atoms with E-state index >= 15 is 0 Å². The third kappa shape index (κ3) is 3.83. The third-order valence-electron chi connectivity index (χ3n) is 1.79. The summed E-state index contributed by atoms with van der Waals surface area (Å²) in [7, 11) is 0. The van der Waals surface area contributed by atoms with Gasteiger partial charge in [0.05, 0.1) is 6.61 Å². The van der Waals surface area contributed by atoms with E-state index in [1.807, 2.05) is 0 Å². The van der Waals surface area contributed by atoms with E-state index in [0.29, 0.717) is 15.6 Å². The van der Waals surface area contributed by atoms with Gasteiger partial charge in [0.2, 0.25) is 0 Å². The first-order chi connectivity index (χ1) is 7.52. The molecule has 0 saturated carbocycles. The van der Waals surface area contributed by atoms with E-state index in [9.17, 15) is 9.59 Å². The summed E-state index contributed by atoms with van der Waals surface area (Å²) in [6.45, 7) is 1.93. The topological polar surface area (TPSA) is 43.4 Å². The highest BCUT2D eigenvalue weighted by Crippen LogP contribution is 2.20. The van der Waals surface area contributed by atoms with Crippen LogP contribution in [0.15, 0.2) is 18.2 Å². The van der Waals surface area contributed by atoms with Gasteiger partial charge in [0.1, 0.15) is 6.42 Å². The van der Waals surface area contributed by atoms with Crippen molar-refractivity contribution in [1.82, 2.24) is 0 Å². The van der Waals surface area contributed by atoms with Crippen molar-refractivity contribution in [3.05, 3.63) is 33.8 Å². The molecular formula is C11H10Cl2O3. The van der Waals surface area contributed by atoms with E-state index in [1.54, 1.807) is 6.92 Å². The summed E-state index contributed by atoms with van der Waals surface area (Å²) in [5.74, 6) is -0.911. The average Bonchev–Trinajstić information content (AvgIpc) is 2.16. The maximum Gasteiger partial charge on any atom is 0.313 e. The first-order valence-electron chi connectivity index (χ1n) is 4.68. The molecule has 0 saturated heterocycles. The molecule has 0 aliphatic heterocycles. The molecule has 1 aromatic rings. The average molecular weight is 261 g/mol. The van der Waals surface area contributed by atoms with Gasteiger partial charge in [-0.3, -0.25) is 9.59 Å². The van der Waals surface area contributed by atoms with Crippen LogP contribution in [0.5, 0.6) is 0 Å². The lowest BCUT2D eigenvalue weighted by atomic mass is 10.1. The van der Waals surface area contributed by atoms with Crippen LogP contribution in [0.4, 0.5) is 0 Å². The molecule has 16 heavy (non-hydrogen) atoms. The summed E-state index contributed by atoms with van der Waals surface area (Å²) in [5.41, 5.74) is 0.311. The number of carbonyl (C=O) groups excluding carboxylic acids is 2. The normalized spacial score (nSPS) is 9.94. The third-order valence-corrected chi connectivity index (χ3v) is 2.23. The van der Waals surface area contributed by atoms with E-state index in [4.69, 9.17) is 23.2 Å². The number of Topliss-reactive ketones (excluding diaryl/α,β-unsaturated/α-hetero) is 1. The molecule has 86 valence electrons. The van der Waals surface area contributed by atoms with Crippen molar-refractivity contribution in [2.45, 2.75) is 13.3 Å². The first kappa shape index (κ1) is 13.0. The summed E-state index contributed by atoms with van der Waals surface area (Å²) in [4.78, 5) is 22.7. The van der Waals surface area contributed by atoms with Gasteiger partial charge in [-0.2, -0.15) is 0 Å². The molecule has 5 heteroatoms. The van der Waals surface area contributed by atoms with Crippen molar-refractivity contribution < 1.29 is 14.3 Å². The highest BCUT2D eigenvalue weighted by Gasteiger charge is 2.13. The molecule has 0 amide bonds. The molecule has 0 unspecified atom stereocenters. The van der Waals surface area contributed by atoms with Gasteiger partial charge >= 0.3 is 5.97 Å². The Hall–Kier alpha value is -1.06. The fourth-order valence-corrected chi connectivity index (χ4v) is 1.69. The Morgan fingerprint density at radius 2 is 1.75 bits per heavy atom. The van der Waals surface area contributed by atoms with Crippen LogP contribution < -0.4 is 0 Å². The zero-order valence-corrected chi connectivity index (χ0v) is 10.1. The Morgan fingerprint density at radius 3 is 2.25 bits per heavy atom. The number of rotatable bonds is 4. The predicted octanol–water partition coefficient (Wildman–Crippen LogP) is 3.13. The summed E-state index contributed by atoms with van der Waals surface area (Å²) < 4.78 is 4.67. The fourth-order valence-electron chi connectivity index (χ4n) is 1.16. The van der Waals surface area contributed by atoms with Gasteiger partial charge in [-0.1, -0.05) is 23.2 Å². The Labute approximate surface area is 103 Å². The van der Waals surface area contributed by atoms with Gasteiger partial charge < -0.3 is 4.74 Å². The standard InChI is InChI=1S/C11H10Cl2O3/c1-2-16-11(15)6-10(14)7-3-8(12)5-9(13)4-7/h3-5H,2,6H2,1H3. The Kier molecular flexibility index (Phi) is 4.77. The number of esters is 1. The monoisotopic (exact) mass is 260 g/mol. The van der Waals surface area contributed by atoms with Gasteiger partial charge in [-0.05, 0) is 25.1 Å². The molecule has 0 fully saturated rings. The van der Waals surface area contributed by atoms with Crippen LogP contribution in [0.25, 0.3) is 0 Å². The number of carbonyl (C=O) groups is 2. The lowest BCUT2D eigenvalue weighted by molar-refractivity contribution is -0.141. The minimum Gasteiger partial charge on any atom is -0.466 e. The number of benzene rings is 1. The van der Waals surface area contributed by atoms with Crippen molar-refractivity contribution >= 4 is 35.0 Å². The van der Waals surface area contributed by atoms with Crippen LogP contribution in [-0.2, 0) is 9.53 Å². The second-order valence-electron chi connectivity index (χ2n) is 3.06. The van der Waals surface area contributed by atoms with Crippen molar-refractivity contribution in [1.29, 1.82) is 0 Å². The molecule has 1 rings (SSSR count). The molecule has 1 aromatic carbocycles. The van der Waals surface area contributed by atoms with Crippen molar-refractivity contribution in [3.63, 3.8) is 0 Å². The molecule has 0 aliphatic carbocycles. The fraction of sp³-hybridized carbons (Fsp3) is 0.273. The molecule has 3 nitrogen and oxygen atoms in total. The molecule has 0 aliphatic rings. The van der Waals surface area contributed by atoms with Crippen LogP contribution in [0, 0.1) is 0 Å². The van der Waals surface area contributed by atoms with E-state index in [-0.39, 0.29) is 18.8 Å². The molecule has 0 aromatic heterocycles. The maximum absolute atomic E-state index is 11.6. The summed E-state index contributed by atoms with van der Waals surface area (Å²) >= 11 is 11.5. The molecule has 0 spiro atoms. The summed E-state index contributed by atoms with van der Waals surface area (Å²) in [6, 6.07) is 4.45. The summed E-state index contributed by atoms with van der Waals surface area (Å²) in [5, 5.41) is 0.722. The van der Waals surface area contributed by atoms with Crippen LogP contribution in [-0.4, -0.2) is 18.4 Å². The zero-order chi connectivity index (χ0) is 12.1. The smallest absolute Gasteiger partial charge is 0.313 e. The van der Waals surface area contributed by atoms with Crippen molar-refractivity contribution in [2.75, 3.05) is 6.61 Å². The lowest BCUT2D eigenvalue weighted by Gasteiger charge is -2.02. The number of ketones is 1. The highest BCUT2D eigenvalue weighted by atomic mass is 35.5. The zero-order valence-electron chi connectivity index (χ0n) is 8.63. The number of hydrogen-bond donors (Lipinski definition) is 0. The van der Waals surface area contributed by atoms with Gasteiger partial charge in [-0.15, -0.1) is 0 Å². The van der Waals surface area contributed by atoms with Crippen LogP contribution in [0.1, 0.15) is 23.7 Å². The SMILES string of the molecule is CCOC(=O)CC(=O)c1cc(Cl)cc(Cl)c1. The van der Waals surface area contributed by atoms with Gasteiger partial charge in [0.15, 0.2) is 5.78 Å². The second-order valence-corrected chi connectivity index (χ2v) is 3.94. The summed E-state index contributed by atoms with van der Waals surface area (Å²) in [6.07, 6.45) is -0.301. The van der Waals surface area contributed by atoms with Crippen molar-refractivity contribution in [2.24, 2.45) is 0 Å². The van der Waals surface area contributed by atoms with Crippen LogP contribution in [0.3, 0.4) is 0 Å². The van der Waals surface area contributed by atoms with Gasteiger partial charge in [0, 0.05) is 15.6 Å².